The zero-order valence-corrected chi connectivity index (χ0v) is 15.4. The fourth-order valence-corrected chi connectivity index (χ4v) is 2.54. The molecule has 2 aromatic carbocycles. The second kappa shape index (κ2) is 11.2. The Morgan fingerprint density at radius 1 is 0.962 bits per heavy atom. The minimum Gasteiger partial charge on any atom is -0.494 e. The molecule has 0 aliphatic rings. The molecule has 0 heterocycles. The monoisotopic (exact) mass is 356 g/mol. The molecule has 2 rings (SSSR count). The number of benzene rings is 2. The summed E-state index contributed by atoms with van der Waals surface area (Å²) in [4.78, 5) is 13.3. The molecule has 0 fully saturated rings. The lowest BCUT2D eigenvalue weighted by atomic mass is 10.1. The normalized spacial score (nSPS) is 11.8. The SMILES string of the molecule is COc1ccccc1OCCN(C)CC([C]=O)CCOc1ccccc1. The predicted octanol–water partition coefficient (Wildman–Crippen LogP) is 3.20. The van der Waals surface area contributed by atoms with Gasteiger partial charge in [0, 0.05) is 19.0 Å². The van der Waals surface area contributed by atoms with Gasteiger partial charge in [0.25, 0.3) is 0 Å². The minimum atomic E-state index is -0.185. The fourth-order valence-electron chi connectivity index (χ4n) is 2.54. The average molecular weight is 356 g/mol. The maximum atomic E-state index is 11.2. The van der Waals surface area contributed by atoms with Gasteiger partial charge in [-0.2, -0.15) is 0 Å². The lowest BCUT2D eigenvalue weighted by molar-refractivity contribution is 0.210. The van der Waals surface area contributed by atoms with E-state index in [1.807, 2.05) is 61.6 Å². The summed E-state index contributed by atoms with van der Waals surface area (Å²) < 4.78 is 16.7. The van der Waals surface area contributed by atoms with Gasteiger partial charge >= 0.3 is 0 Å². The molecule has 0 aliphatic carbocycles. The second-order valence-electron chi connectivity index (χ2n) is 6.03. The predicted molar refractivity (Wildman–Crippen MR) is 102 cm³/mol. The van der Waals surface area contributed by atoms with Crippen molar-refractivity contribution in [2.24, 2.45) is 5.92 Å². The average Bonchev–Trinajstić information content (AvgIpc) is 2.68. The zero-order valence-electron chi connectivity index (χ0n) is 15.4. The highest BCUT2D eigenvalue weighted by Crippen LogP contribution is 2.25. The summed E-state index contributed by atoms with van der Waals surface area (Å²) in [7, 11) is 3.59. The third-order valence-corrected chi connectivity index (χ3v) is 3.98. The van der Waals surface area contributed by atoms with E-state index in [9.17, 15) is 4.79 Å². The summed E-state index contributed by atoms with van der Waals surface area (Å²) in [6, 6.07) is 17.2. The summed E-state index contributed by atoms with van der Waals surface area (Å²) >= 11 is 0. The summed E-state index contributed by atoms with van der Waals surface area (Å²) in [6.45, 7) is 2.34. The largest absolute Gasteiger partial charge is 0.494 e. The van der Waals surface area contributed by atoms with E-state index in [-0.39, 0.29) is 5.92 Å². The standard InChI is InChI=1S/C21H26NO4/c1-22(13-15-26-21-11-7-6-10-20(21)24-2)16-18(17-23)12-14-25-19-8-4-3-5-9-19/h3-11,18H,12-16H2,1-2H3. The molecule has 5 nitrogen and oxygen atoms in total. The lowest BCUT2D eigenvalue weighted by Gasteiger charge is -2.20. The maximum Gasteiger partial charge on any atom is 0.203 e. The van der Waals surface area contributed by atoms with Crippen molar-refractivity contribution in [2.45, 2.75) is 6.42 Å². The van der Waals surface area contributed by atoms with Crippen LogP contribution in [0, 0.1) is 5.92 Å². The Labute approximate surface area is 155 Å². The van der Waals surface area contributed by atoms with Gasteiger partial charge in [0.05, 0.1) is 13.7 Å². The fraction of sp³-hybridized carbons (Fsp3) is 0.381. The third kappa shape index (κ3) is 6.76. The maximum absolute atomic E-state index is 11.2. The first-order chi connectivity index (χ1) is 12.7. The molecule has 0 aromatic heterocycles. The molecule has 0 amide bonds. The van der Waals surface area contributed by atoms with E-state index >= 15 is 0 Å². The molecule has 5 heteroatoms. The van der Waals surface area contributed by atoms with Gasteiger partial charge in [-0.05, 0) is 37.7 Å². The van der Waals surface area contributed by atoms with E-state index in [4.69, 9.17) is 14.2 Å². The first kappa shape index (κ1) is 19.8. The van der Waals surface area contributed by atoms with Crippen LogP contribution in [0.2, 0.25) is 0 Å². The number of carbonyl (C=O) groups excluding carboxylic acids is 1. The van der Waals surface area contributed by atoms with Gasteiger partial charge in [0.1, 0.15) is 12.4 Å². The number of ether oxygens (including phenoxy) is 3. The molecule has 0 N–H and O–H groups in total. The van der Waals surface area contributed by atoms with Crippen molar-refractivity contribution in [3.63, 3.8) is 0 Å². The minimum absolute atomic E-state index is 0.185. The smallest absolute Gasteiger partial charge is 0.203 e. The third-order valence-electron chi connectivity index (χ3n) is 3.98. The Morgan fingerprint density at radius 2 is 1.65 bits per heavy atom. The number of nitrogens with zero attached hydrogens (tertiary/aromatic N) is 1. The number of methoxy groups -OCH3 is 1. The van der Waals surface area contributed by atoms with Gasteiger partial charge in [0.2, 0.25) is 6.29 Å². The van der Waals surface area contributed by atoms with Crippen LogP contribution in [0.3, 0.4) is 0 Å². The van der Waals surface area contributed by atoms with Gasteiger partial charge in [-0.1, -0.05) is 30.3 Å². The number of hydrogen-bond donors (Lipinski definition) is 0. The Hall–Kier alpha value is -2.53. The van der Waals surface area contributed by atoms with Crippen molar-refractivity contribution in [3.05, 3.63) is 54.6 Å². The van der Waals surface area contributed by atoms with Gasteiger partial charge in [0.15, 0.2) is 11.5 Å². The number of likely N-dealkylation sites (N-methyl/N-ethyl adjacent to an activating group) is 1. The lowest BCUT2D eigenvalue weighted by Crippen LogP contribution is -2.31. The Morgan fingerprint density at radius 3 is 2.35 bits per heavy atom. The zero-order chi connectivity index (χ0) is 18.6. The molecule has 0 bridgehead atoms. The van der Waals surface area contributed by atoms with Crippen molar-refractivity contribution in [1.29, 1.82) is 0 Å². The summed E-state index contributed by atoms with van der Waals surface area (Å²) in [5.74, 6) is 2.07. The van der Waals surface area contributed by atoms with E-state index in [0.717, 1.165) is 11.5 Å². The van der Waals surface area contributed by atoms with Crippen LogP contribution in [0.4, 0.5) is 0 Å². The molecule has 1 unspecified atom stereocenters. The van der Waals surface area contributed by atoms with Crippen molar-refractivity contribution >= 4 is 6.29 Å². The van der Waals surface area contributed by atoms with Crippen LogP contribution in [-0.2, 0) is 4.79 Å². The van der Waals surface area contributed by atoms with Crippen LogP contribution < -0.4 is 14.2 Å². The molecule has 1 atom stereocenters. The van der Waals surface area contributed by atoms with Crippen molar-refractivity contribution in [3.8, 4) is 17.2 Å². The molecular formula is C21H26NO4. The first-order valence-corrected chi connectivity index (χ1v) is 8.72. The van der Waals surface area contributed by atoms with E-state index in [1.165, 1.54) is 0 Å². The first-order valence-electron chi connectivity index (χ1n) is 8.72. The van der Waals surface area contributed by atoms with Crippen molar-refractivity contribution in [1.82, 2.24) is 4.90 Å². The highest BCUT2D eigenvalue weighted by atomic mass is 16.5. The summed E-state index contributed by atoms with van der Waals surface area (Å²) in [5, 5.41) is 0. The molecule has 0 aliphatic heterocycles. The van der Waals surface area contributed by atoms with Crippen LogP contribution >= 0.6 is 0 Å². The van der Waals surface area contributed by atoms with Gasteiger partial charge in [-0.15, -0.1) is 0 Å². The Balaban J connectivity index is 1.68. The quantitative estimate of drug-likeness (QED) is 0.584. The van der Waals surface area contributed by atoms with E-state index in [0.29, 0.717) is 38.5 Å². The van der Waals surface area contributed by atoms with Crippen molar-refractivity contribution in [2.75, 3.05) is 40.5 Å². The van der Waals surface area contributed by atoms with Crippen LogP contribution in [0.15, 0.2) is 54.6 Å². The molecule has 0 saturated heterocycles. The highest BCUT2D eigenvalue weighted by molar-refractivity contribution is 5.54. The Bertz CT molecular complexity index is 647. The number of hydrogen-bond acceptors (Lipinski definition) is 5. The highest BCUT2D eigenvalue weighted by Gasteiger charge is 2.12. The van der Waals surface area contributed by atoms with Crippen LogP contribution in [0.5, 0.6) is 17.2 Å². The van der Waals surface area contributed by atoms with Gasteiger partial charge < -0.3 is 19.1 Å². The molecule has 1 radical (unpaired) electrons. The van der Waals surface area contributed by atoms with Gasteiger partial charge in [-0.3, -0.25) is 4.79 Å². The van der Waals surface area contributed by atoms with Gasteiger partial charge in [-0.25, -0.2) is 0 Å². The van der Waals surface area contributed by atoms with Crippen molar-refractivity contribution < 1.29 is 19.0 Å². The van der Waals surface area contributed by atoms with E-state index in [1.54, 1.807) is 7.11 Å². The van der Waals surface area contributed by atoms with E-state index in [2.05, 4.69) is 11.2 Å². The number of rotatable bonds is 12. The van der Waals surface area contributed by atoms with E-state index < -0.39 is 0 Å². The van der Waals surface area contributed by atoms with Crippen LogP contribution in [0.25, 0.3) is 0 Å². The number of para-hydroxylation sites is 3. The molecule has 0 spiro atoms. The topological polar surface area (TPSA) is 48.0 Å². The van der Waals surface area contributed by atoms with Crippen LogP contribution in [0.1, 0.15) is 6.42 Å². The van der Waals surface area contributed by atoms with Crippen LogP contribution in [-0.4, -0.2) is 51.6 Å². The molecule has 2 aromatic rings. The molecule has 26 heavy (non-hydrogen) atoms. The molecule has 0 saturated carbocycles. The Kier molecular flexibility index (Phi) is 8.49. The molecule has 139 valence electrons. The summed E-state index contributed by atoms with van der Waals surface area (Å²) in [5.41, 5.74) is 0. The summed E-state index contributed by atoms with van der Waals surface area (Å²) in [6.07, 6.45) is 2.75. The molecular weight excluding hydrogens is 330 g/mol. The second-order valence-corrected chi connectivity index (χ2v) is 6.03.